The van der Waals surface area contributed by atoms with E-state index in [4.69, 9.17) is 12.2 Å². The lowest BCUT2D eigenvalue weighted by atomic mass is 10.0. The van der Waals surface area contributed by atoms with Gasteiger partial charge < -0.3 is 20.6 Å². The van der Waals surface area contributed by atoms with Crippen LogP contribution in [-0.4, -0.2) is 111 Å². The minimum atomic E-state index is -0.986. The SMILES string of the molecule is CC.CC(=S)Nc1ccc(CC2CN(CC(=O)O)CCN(CC(=O)O)CCN2CC(=O)O)cc1. The van der Waals surface area contributed by atoms with E-state index >= 15 is 0 Å². The van der Waals surface area contributed by atoms with Gasteiger partial charge in [0.15, 0.2) is 0 Å². The molecular formula is C23H36N4O6S. The van der Waals surface area contributed by atoms with Gasteiger partial charge in [0.1, 0.15) is 0 Å². The summed E-state index contributed by atoms with van der Waals surface area (Å²) in [6.07, 6.45) is 0.527. The summed E-state index contributed by atoms with van der Waals surface area (Å²) in [6, 6.07) is 7.41. The topological polar surface area (TPSA) is 134 Å². The third-order valence-electron chi connectivity index (χ3n) is 5.22. The van der Waals surface area contributed by atoms with Crippen LogP contribution in [0.25, 0.3) is 0 Å². The van der Waals surface area contributed by atoms with Crippen LogP contribution in [0.4, 0.5) is 5.69 Å². The number of carboxylic acid groups (broad SMARTS) is 3. The quantitative estimate of drug-likeness (QED) is 0.371. The number of rotatable bonds is 9. The van der Waals surface area contributed by atoms with Crippen molar-refractivity contribution in [1.82, 2.24) is 14.7 Å². The summed E-state index contributed by atoms with van der Waals surface area (Å²) >= 11 is 5.05. The molecule has 0 saturated carbocycles. The Bertz CT molecular complexity index is 820. The van der Waals surface area contributed by atoms with E-state index in [9.17, 15) is 29.7 Å². The standard InChI is InChI=1S/C21H30N4O6S.C2H6/c1-15(32)22-17-4-2-16(3-5-17)10-18-11-24(13-20(28)29)7-6-23(12-19(26)27)8-9-25(18)14-21(30)31;1-2/h2-5,18H,6-14H2,1H3,(H,22,32)(H,26,27)(H,28,29)(H,30,31);1-2H3. The predicted molar refractivity (Wildman–Crippen MR) is 135 cm³/mol. The van der Waals surface area contributed by atoms with Crippen LogP contribution in [0, 0.1) is 0 Å². The molecule has 0 aliphatic carbocycles. The summed E-state index contributed by atoms with van der Waals surface area (Å²) in [5, 5.41) is 31.0. The molecule has 1 heterocycles. The number of hydrogen-bond acceptors (Lipinski definition) is 7. The van der Waals surface area contributed by atoms with E-state index in [1.807, 2.05) is 38.1 Å². The van der Waals surface area contributed by atoms with Gasteiger partial charge in [-0.1, -0.05) is 38.2 Å². The van der Waals surface area contributed by atoms with E-state index in [0.29, 0.717) is 44.1 Å². The van der Waals surface area contributed by atoms with Gasteiger partial charge in [0, 0.05) is 44.5 Å². The lowest BCUT2D eigenvalue weighted by Gasteiger charge is -2.33. The molecule has 1 saturated heterocycles. The van der Waals surface area contributed by atoms with Crippen LogP contribution in [0.5, 0.6) is 0 Å². The molecular weight excluding hydrogens is 460 g/mol. The molecule has 0 radical (unpaired) electrons. The average molecular weight is 497 g/mol. The summed E-state index contributed by atoms with van der Waals surface area (Å²) in [6.45, 7) is 7.08. The fourth-order valence-corrected chi connectivity index (χ4v) is 3.93. The highest BCUT2D eigenvalue weighted by atomic mass is 32.1. The fourth-order valence-electron chi connectivity index (χ4n) is 3.81. The first-order valence-corrected chi connectivity index (χ1v) is 11.7. The van der Waals surface area contributed by atoms with Gasteiger partial charge in [0.25, 0.3) is 0 Å². The fraction of sp³-hybridized carbons (Fsp3) is 0.565. The Hall–Kier alpha value is -2.60. The van der Waals surface area contributed by atoms with Gasteiger partial charge in [0.05, 0.1) is 24.6 Å². The van der Waals surface area contributed by atoms with Crippen LogP contribution in [0.3, 0.4) is 0 Å². The number of anilines is 1. The molecule has 1 fully saturated rings. The van der Waals surface area contributed by atoms with Crippen molar-refractivity contribution < 1.29 is 29.7 Å². The Balaban J connectivity index is 0.00000281. The normalized spacial score (nSPS) is 17.9. The van der Waals surface area contributed by atoms with Crippen LogP contribution in [-0.2, 0) is 20.8 Å². The summed E-state index contributed by atoms with van der Waals surface area (Å²) in [7, 11) is 0. The number of carboxylic acids is 3. The molecule has 11 heteroatoms. The van der Waals surface area contributed by atoms with E-state index in [-0.39, 0.29) is 25.7 Å². The second-order valence-electron chi connectivity index (χ2n) is 7.90. The molecule has 1 atom stereocenters. The summed E-state index contributed by atoms with van der Waals surface area (Å²) in [5.41, 5.74) is 1.84. The van der Waals surface area contributed by atoms with Gasteiger partial charge in [-0.25, -0.2) is 0 Å². The molecule has 34 heavy (non-hydrogen) atoms. The van der Waals surface area contributed by atoms with Gasteiger partial charge >= 0.3 is 17.9 Å². The van der Waals surface area contributed by atoms with Crippen LogP contribution in [0.2, 0.25) is 0 Å². The number of thiocarbonyl (C=S) groups is 1. The molecule has 0 aromatic heterocycles. The van der Waals surface area contributed by atoms with Crippen molar-refractivity contribution >= 4 is 40.8 Å². The molecule has 10 nitrogen and oxygen atoms in total. The zero-order valence-corrected chi connectivity index (χ0v) is 20.9. The second-order valence-corrected chi connectivity index (χ2v) is 8.51. The average Bonchev–Trinajstić information content (AvgIpc) is 2.81. The number of nitrogens with one attached hydrogen (secondary N) is 1. The predicted octanol–water partition coefficient (Wildman–Crippen LogP) is 1.56. The summed E-state index contributed by atoms with van der Waals surface area (Å²) < 4.78 is 0. The highest BCUT2D eigenvalue weighted by Gasteiger charge is 2.27. The van der Waals surface area contributed by atoms with Crippen LogP contribution in [0.1, 0.15) is 26.3 Å². The highest BCUT2D eigenvalue weighted by Crippen LogP contribution is 2.16. The number of hydrogen-bond donors (Lipinski definition) is 4. The van der Waals surface area contributed by atoms with Gasteiger partial charge in [-0.3, -0.25) is 29.1 Å². The maximum atomic E-state index is 11.5. The van der Waals surface area contributed by atoms with Crippen LogP contribution in [0.15, 0.2) is 24.3 Å². The first kappa shape index (κ1) is 29.4. The molecule has 1 unspecified atom stereocenters. The van der Waals surface area contributed by atoms with Crippen molar-refractivity contribution in [1.29, 1.82) is 0 Å². The smallest absolute Gasteiger partial charge is 0.317 e. The third-order valence-corrected chi connectivity index (χ3v) is 5.33. The molecule has 0 amide bonds. The lowest BCUT2D eigenvalue weighted by Crippen LogP contribution is -2.49. The Morgan fingerprint density at radius 3 is 1.91 bits per heavy atom. The second kappa shape index (κ2) is 15.3. The zero-order chi connectivity index (χ0) is 25.7. The van der Waals surface area contributed by atoms with Crippen molar-refractivity contribution in [2.75, 3.05) is 57.7 Å². The molecule has 4 N–H and O–H groups in total. The van der Waals surface area contributed by atoms with E-state index in [2.05, 4.69) is 5.32 Å². The Kier molecular flexibility index (Phi) is 13.3. The number of carbonyl (C=O) groups is 3. The number of aliphatic carboxylic acids is 3. The number of benzene rings is 1. The van der Waals surface area contributed by atoms with Crippen LogP contribution >= 0.6 is 12.2 Å². The number of nitrogens with zero attached hydrogens (tertiary/aromatic N) is 3. The first-order valence-electron chi connectivity index (χ1n) is 11.3. The molecule has 190 valence electrons. The third kappa shape index (κ3) is 11.5. The van der Waals surface area contributed by atoms with Crippen LogP contribution < -0.4 is 5.32 Å². The van der Waals surface area contributed by atoms with Crippen molar-refractivity contribution in [3.8, 4) is 0 Å². The first-order chi connectivity index (χ1) is 16.1. The van der Waals surface area contributed by atoms with E-state index in [0.717, 1.165) is 11.3 Å². The minimum Gasteiger partial charge on any atom is -0.480 e. The summed E-state index contributed by atoms with van der Waals surface area (Å²) in [5.74, 6) is -2.95. The van der Waals surface area contributed by atoms with Crippen molar-refractivity contribution in [2.45, 2.75) is 33.2 Å². The zero-order valence-electron chi connectivity index (χ0n) is 20.1. The molecule has 0 spiro atoms. The molecule has 1 aliphatic heterocycles. The van der Waals surface area contributed by atoms with E-state index < -0.39 is 17.9 Å². The lowest BCUT2D eigenvalue weighted by molar-refractivity contribution is -0.140. The van der Waals surface area contributed by atoms with Gasteiger partial charge in [-0.15, -0.1) is 0 Å². The van der Waals surface area contributed by atoms with Gasteiger partial charge in [-0.05, 0) is 31.0 Å². The van der Waals surface area contributed by atoms with Gasteiger partial charge in [-0.2, -0.15) is 0 Å². The largest absolute Gasteiger partial charge is 0.480 e. The molecule has 2 rings (SSSR count). The Labute approximate surface area is 206 Å². The maximum absolute atomic E-state index is 11.5. The monoisotopic (exact) mass is 496 g/mol. The summed E-state index contributed by atoms with van der Waals surface area (Å²) in [4.78, 5) is 40.0. The molecule has 0 bridgehead atoms. The molecule has 1 aliphatic rings. The van der Waals surface area contributed by atoms with Crippen molar-refractivity contribution in [3.05, 3.63) is 29.8 Å². The molecule has 1 aromatic carbocycles. The van der Waals surface area contributed by atoms with E-state index in [1.54, 1.807) is 21.6 Å². The Morgan fingerprint density at radius 2 is 1.38 bits per heavy atom. The van der Waals surface area contributed by atoms with E-state index in [1.165, 1.54) is 0 Å². The maximum Gasteiger partial charge on any atom is 0.317 e. The van der Waals surface area contributed by atoms with Crippen molar-refractivity contribution in [3.63, 3.8) is 0 Å². The van der Waals surface area contributed by atoms with Crippen molar-refractivity contribution in [2.24, 2.45) is 0 Å². The Morgan fingerprint density at radius 1 is 0.882 bits per heavy atom. The van der Waals surface area contributed by atoms with Gasteiger partial charge in [0.2, 0.25) is 0 Å². The highest BCUT2D eigenvalue weighted by molar-refractivity contribution is 7.80. The minimum absolute atomic E-state index is 0.180. The molecule has 1 aromatic rings.